The number of ether oxygens (including phenoxy) is 1. The number of carbonyl (C=O) groups is 3. The summed E-state index contributed by atoms with van der Waals surface area (Å²) in [6.07, 6.45) is 2.29. The maximum absolute atomic E-state index is 12.4. The number of carbonyl (C=O) groups excluding carboxylic acids is 3. The lowest BCUT2D eigenvalue weighted by molar-refractivity contribution is -0.159. The third-order valence-electron chi connectivity index (χ3n) is 3.95. The van der Waals surface area contributed by atoms with Gasteiger partial charge in [-0.3, -0.25) is 14.4 Å². The van der Waals surface area contributed by atoms with Gasteiger partial charge in [-0.25, -0.2) is 9.97 Å². The van der Waals surface area contributed by atoms with E-state index in [0.29, 0.717) is 32.1 Å². The molecule has 1 aliphatic rings. The average molecular weight is 349 g/mol. The molecule has 136 valence electrons. The van der Waals surface area contributed by atoms with Crippen LogP contribution in [0.5, 0.6) is 0 Å². The highest BCUT2D eigenvalue weighted by molar-refractivity contribution is 5.85. The van der Waals surface area contributed by atoms with E-state index in [9.17, 15) is 14.4 Å². The van der Waals surface area contributed by atoms with Gasteiger partial charge in [-0.15, -0.1) is 0 Å². The van der Waals surface area contributed by atoms with Crippen LogP contribution in [0.15, 0.2) is 18.5 Å². The highest BCUT2D eigenvalue weighted by atomic mass is 16.5. The summed E-state index contributed by atoms with van der Waals surface area (Å²) in [6, 6.07) is 1.68. The number of aromatic nitrogens is 2. The third-order valence-corrected chi connectivity index (χ3v) is 3.95. The van der Waals surface area contributed by atoms with E-state index in [2.05, 4.69) is 9.97 Å². The normalized spacial score (nSPS) is 15.5. The van der Waals surface area contributed by atoms with Crippen LogP contribution in [0.1, 0.15) is 13.8 Å². The molecule has 0 aromatic carbocycles. The van der Waals surface area contributed by atoms with Crippen molar-refractivity contribution in [2.24, 2.45) is 0 Å². The highest BCUT2D eigenvalue weighted by Crippen LogP contribution is 2.07. The van der Waals surface area contributed by atoms with Gasteiger partial charge in [0.2, 0.25) is 11.9 Å². The van der Waals surface area contributed by atoms with Crippen molar-refractivity contribution < 1.29 is 19.1 Å². The summed E-state index contributed by atoms with van der Waals surface area (Å²) in [5.41, 5.74) is 0. The van der Waals surface area contributed by atoms with Gasteiger partial charge in [-0.2, -0.15) is 0 Å². The summed E-state index contributed by atoms with van der Waals surface area (Å²) < 4.78 is 5.22. The number of amides is 2. The van der Waals surface area contributed by atoms with Crippen molar-refractivity contribution in [1.82, 2.24) is 19.8 Å². The molecule has 1 aromatic heterocycles. The van der Waals surface area contributed by atoms with Crippen LogP contribution in [0.4, 0.5) is 5.95 Å². The fourth-order valence-corrected chi connectivity index (χ4v) is 2.54. The van der Waals surface area contributed by atoms with Crippen molar-refractivity contribution in [2.45, 2.75) is 20.0 Å². The largest absolute Gasteiger partial charge is 0.451 e. The standard InChI is InChI=1S/C16H23N5O4/c1-12(15(24)21-9-7-20(8-10-21)13(2)22)25-14(23)11-19(3)16-17-5-4-6-18-16/h4-6,12H,7-11H2,1-3H3. The molecular formula is C16H23N5O4. The molecule has 0 spiro atoms. The topological polar surface area (TPSA) is 95.9 Å². The van der Waals surface area contributed by atoms with Gasteiger partial charge in [-0.05, 0) is 13.0 Å². The Balaban J connectivity index is 1.80. The molecule has 0 N–H and O–H groups in total. The van der Waals surface area contributed by atoms with Crippen LogP contribution in [-0.4, -0.2) is 83.4 Å². The quantitative estimate of drug-likeness (QED) is 0.663. The number of piperazine rings is 1. The molecule has 1 aliphatic heterocycles. The lowest BCUT2D eigenvalue weighted by atomic mass is 10.2. The molecule has 2 amide bonds. The summed E-state index contributed by atoms with van der Waals surface area (Å²) in [5.74, 6) is -0.384. The lowest BCUT2D eigenvalue weighted by Gasteiger charge is -2.35. The summed E-state index contributed by atoms with van der Waals surface area (Å²) >= 11 is 0. The predicted octanol–water partition coefficient (Wildman–Crippen LogP) is -0.465. The van der Waals surface area contributed by atoms with Gasteiger partial charge >= 0.3 is 5.97 Å². The number of hydrogen-bond donors (Lipinski definition) is 0. The Morgan fingerprint density at radius 3 is 2.28 bits per heavy atom. The van der Waals surface area contributed by atoms with Crippen LogP contribution in [-0.2, 0) is 19.1 Å². The maximum Gasteiger partial charge on any atom is 0.326 e. The van der Waals surface area contributed by atoms with E-state index in [4.69, 9.17) is 4.74 Å². The van der Waals surface area contributed by atoms with Crippen molar-refractivity contribution in [2.75, 3.05) is 44.7 Å². The van der Waals surface area contributed by atoms with Crippen molar-refractivity contribution >= 4 is 23.7 Å². The van der Waals surface area contributed by atoms with Gasteiger partial charge in [-0.1, -0.05) is 0 Å². The summed E-state index contributed by atoms with van der Waals surface area (Å²) in [6.45, 7) is 4.88. The number of hydrogen-bond acceptors (Lipinski definition) is 7. The second kappa shape index (κ2) is 8.41. The van der Waals surface area contributed by atoms with Crippen molar-refractivity contribution in [3.8, 4) is 0 Å². The van der Waals surface area contributed by atoms with Crippen molar-refractivity contribution in [3.05, 3.63) is 18.5 Å². The molecule has 9 heteroatoms. The minimum absolute atomic E-state index is 0.00209. The molecule has 2 rings (SSSR count). The number of likely N-dealkylation sites (N-methyl/N-ethyl adjacent to an activating group) is 1. The molecule has 25 heavy (non-hydrogen) atoms. The van der Waals surface area contributed by atoms with E-state index >= 15 is 0 Å². The first kappa shape index (κ1) is 18.6. The molecule has 9 nitrogen and oxygen atoms in total. The Hall–Kier alpha value is -2.71. The Kier molecular flexibility index (Phi) is 6.26. The van der Waals surface area contributed by atoms with Crippen LogP contribution >= 0.6 is 0 Å². The van der Waals surface area contributed by atoms with E-state index in [1.54, 1.807) is 47.1 Å². The zero-order chi connectivity index (χ0) is 18.4. The van der Waals surface area contributed by atoms with Gasteiger partial charge in [0.1, 0.15) is 6.54 Å². The van der Waals surface area contributed by atoms with Gasteiger partial charge in [0, 0.05) is 52.5 Å². The molecule has 1 aromatic rings. The van der Waals surface area contributed by atoms with Crippen LogP contribution in [0, 0.1) is 0 Å². The SMILES string of the molecule is CC(=O)N1CCN(C(=O)C(C)OC(=O)CN(C)c2ncccn2)CC1. The molecule has 1 fully saturated rings. The van der Waals surface area contributed by atoms with Crippen LogP contribution in [0.3, 0.4) is 0 Å². The zero-order valence-corrected chi connectivity index (χ0v) is 14.7. The van der Waals surface area contributed by atoms with Gasteiger partial charge in [0.15, 0.2) is 6.10 Å². The fourth-order valence-electron chi connectivity index (χ4n) is 2.54. The van der Waals surface area contributed by atoms with E-state index < -0.39 is 12.1 Å². The second-order valence-electron chi connectivity index (χ2n) is 5.87. The highest BCUT2D eigenvalue weighted by Gasteiger charge is 2.28. The minimum Gasteiger partial charge on any atom is -0.451 e. The second-order valence-corrected chi connectivity index (χ2v) is 5.87. The first-order valence-electron chi connectivity index (χ1n) is 8.10. The summed E-state index contributed by atoms with van der Waals surface area (Å²) in [4.78, 5) is 48.6. The molecule has 0 saturated carbocycles. The molecule has 0 aliphatic carbocycles. The molecule has 1 unspecified atom stereocenters. The van der Waals surface area contributed by atoms with E-state index in [1.807, 2.05) is 0 Å². The molecule has 1 atom stereocenters. The first-order chi connectivity index (χ1) is 11.9. The minimum atomic E-state index is -0.874. The van der Waals surface area contributed by atoms with E-state index in [-0.39, 0.29) is 18.4 Å². The van der Waals surface area contributed by atoms with Gasteiger partial charge in [0.05, 0.1) is 0 Å². The predicted molar refractivity (Wildman–Crippen MR) is 89.7 cm³/mol. The smallest absolute Gasteiger partial charge is 0.326 e. The summed E-state index contributed by atoms with van der Waals surface area (Å²) in [5, 5.41) is 0. The number of rotatable bonds is 5. The summed E-state index contributed by atoms with van der Waals surface area (Å²) in [7, 11) is 1.67. The Morgan fingerprint density at radius 2 is 1.72 bits per heavy atom. The van der Waals surface area contributed by atoms with Gasteiger partial charge < -0.3 is 19.4 Å². The molecule has 2 heterocycles. The average Bonchev–Trinajstić information content (AvgIpc) is 2.61. The Bertz CT molecular complexity index is 616. The molecular weight excluding hydrogens is 326 g/mol. The molecule has 0 radical (unpaired) electrons. The van der Waals surface area contributed by atoms with E-state index in [1.165, 1.54) is 6.92 Å². The lowest BCUT2D eigenvalue weighted by Crippen LogP contribution is -2.52. The van der Waals surface area contributed by atoms with Crippen molar-refractivity contribution in [3.63, 3.8) is 0 Å². The number of esters is 1. The number of nitrogens with zero attached hydrogens (tertiary/aromatic N) is 5. The first-order valence-corrected chi connectivity index (χ1v) is 8.10. The zero-order valence-electron chi connectivity index (χ0n) is 14.7. The van der Waals surface area contributed by atoms with E-state index in [0.717, 1.165) is 0 Å². The third kappa shape index (κ3) is 5.13. The van der Waals surface area contributed by atoms with Gasteiger partial charge in [0.25, 0.3) is 5.91 Å². The number of anilines is 1. The van der Waals surface area contributed by atoms with Crippen molar-refractivity contribution in [1.29, 1.82) is 0 Å². The van der Waals surface area contributed by atoms with Crippen LogP contribution in [0.25, 0.3) is 0 Å². The molecule has 0 bridgehead atoms. The van der Waals surface area contributed by atoms with Crippen LogP contribution in [0.2, 0.25) is 0 Å². The molecule has 1 saturated heterocycles. The fraction of sp³-hybridized carbons (Fsp3) is 0.562. The van der Waals surface area contributed by atoms with Crippen LogP contribution < -0.4 is 4.90 Å². The maximum atomic E-state index is 12.4. The Morgan fingerprint density at radius 1 is 1.16 bits per heavy atom. The monoisotopic (exact) mass is 349 g/mol. The Labute approximate surface area is 146 Å².